The maximum absolute atomic E-state index is 2.43. The predicted octanol–water partition coefficient (Wildman–Crippen LogP) is 9.78. The van der Waals surface area contributed by atoms with E-state index in [1.807, 2.05) is 0 Å². The lowest BCUT2D eigenvalue weighted by Gasteiger charge is -2.15. The summed E-state index contributed by atoms with van der Waals surface area (Å²) in [4.78, 5) is 0. The molecule has 0 bridgehead atoms. The van der Waals surface area contributed by atoms with Gasteiger partial charge in [-0.1, -0.05) is 133 Å². The van der Waals surface area contributed by atoms with Crippen molar-refractivity contribution in [1.29, 1.82) is 0 Å². The van der Waals surface area contributed by atoms with Crippen molar-refractivity contribution in [2.45, 2.75) is 0 Å². The molecule has 0 aliphatic heterocycles. The van der Waals surface area contributed by atoms with Crippen molar-refractivity contribution >= 4 is 21.8 Å². The molecule has 0 fully saturated rings. The Balaban J connectivity index is 1.57. The monoisotopic (exact) mass is 471 g/mol. The minimum absolute atomic E-state index is 1.19. The number of fused-ring (bicyclic) bond motifs is 3. The third-order valence-electron chi connectivity index (χ3n) is 7.23. The van der Waals surface area contributed by atoms with E-state index in [1.165, 1.54) is 60.9 Å². The second-order valence-corrected chi connectivity index (χ2v) is 9.35. The van der Waals surface area contributed by atoms with Crippen molar-refractivity contribution in [3.8, 4) is 39.1 Å². The van der Waals surface area contributed by atoms with E-state index in [9.17, 15) is 0 Å². The van der Waals surface area contributed by atoms with Gasteiger partial charge in [-0.15, -0.1) is 0 Å². The van der Waals surface area contributed by atoms with Gasteiger partial charge in [-0.3, -0.25) is 0 Å². The molecule has 174 valence electrons. The molecule has 7 aromatic rings. The van der Waals surface area contributed by atoms with Gasteiger partial charge >= 0.3 is 0 Å². The lowest BCUT2D eigenvalue weighted by atomic mass is 9.92. The molecule has 1 aromatic heterocycles. The van der Waals surface area contributed by atoms with Crippen molar-refractivity contribution in [3.63, 3.8) is 0 Å². The van der Waals surface area contributed by atoms with E-state index in [0.717, 1.165) is 0 Å². The Morgan fingerprint density at radius 3 is 1.59 bits per heavy atom. The molecule has 0 unspecified atom stereocenters. The summed E-state index contributed by atoms with van der Waals surface area (Å²) in [5.41, 5.74) is 11.0. The van der Waals surface area contributed by atoms with Crippen molar-refractivity contribution in [2.75, 3.05) is 0 Å². The standard InChI is InChI=1S/C36H25N/c1-3-14-26(15-4-1)28-18-7-8-20-30(28)31-22-13-25-35-36(31)32-21-10-12-24-34(32)37(35)33-23-11-9-19-29(33)27-16-5-2-6-17-27/h1-25H. The van der Waals surface area contributed by atoms with Crippen molar-refractivity contribution in [3.05, 3.63) is 152 Å². The first-order chi connectivity index (χ1) is 18.4. The molecule has 37 heavy (non-hydrogen) atoms. The van der Waals surface area contributed by atoms with E-state index >= 15 is 0 Å². The van der Waals surface area contributed by atoms with E-state index in [1.54, 1.807) is 0 Å². The summed E-state index contributed by atoms with van der Waals surface area (Å²) in [7, 11) is 0. The molecule has 0 saturated heterocycles. The Morgan fingerprint density at radius 2 is 0.838 bits per heavy atom. The highest BCUT2D eigenvalue weighted by Crippen LogP contribution is 2.42. The average Bonchev–Trinajstić information content (AvgIpc) is 3.32. The van der Waals surface area contributed by atoms with Gasteiger partial charge in [0, 0.05) is 16.3 Å². The molecule has 0 saturated carbocycles. The fraction of sp³-hybridized carbons (Fsp3) is 0. The van der Waals surface area contributed by atoms with Gasteiger partial charge in [0.15, 0.2) is 0 Å². The van der Waals surface area contributed by atoms with E-state index in [4.69, 9.17) is 0 Å². The maximum Gasteiger partial charge on any atom is 0.0547 e. The highest BCUT2D eigenvalue weighted by molar-refractivity contribution is 6.17. The van der Waals surface area contributed by atoms with Crippen LogP contribution in [0, 0.1) is 0 Å². The Labute approximate surface area is 216 Å². The zero-order valence-corrected chi connectivity index (χ0v) is 20.4. The summed E-state index contributed by atoms with van der Waals surface area (Å²) in [6.45, 7) is 0. The van der Waals surface area contributed by atoms with Crippen molar-refractivity contribution in [1.82, 2.24) is 4.57 Å². The summed E-state index contributed by atoms with van der Waals surface area (Å²) >= 11 is 0. The van der Waals surface area contributed by atoms with Crippen LogP contribution in [0.3, 0.4) is 0 Å². The normalized spacial score (nSPS) is 11.2. The molecule has 1 heterocycles. The zero-order valence-electron chi connectivity index (χ0n) is 20.4. The number of hydrogen-bond acceptors (Lipinski definition) is 0. The molecule has 0 radical (unpaired) electrons. The first-order valence-electron chi connectivity index (χ1n) is 12.7. The number of nitrogens with zero attached hydrogens (tertiary/aromatic N) is 1. The van der Waals surface area contributed by atoms with Gasteiger partial charge in [0.05, 0.1) is 16.7 Å². The van der Waals surface area contributed by atoms with Crippen LogP contribution >= 0.6 is 0 Å². The van der Waals surface area contributed by atoms with Crippen LogP contribution in [-0.4, -0.2) is 4.57 Å². The minimum atomic E-state index is 1.19. The Bertz CT molecular complexity index is 1860. The molecule has 0 aliphatic carbocycles. The van der Waals surface area contributed by atoms with Crippen LogP contribution in [0.2, 0.25) is 0 Å². The van der Waals surface area contributed by atoms with Gasteiger partial charge in [0.1, 0.15) is 0 Å². The van der Waals surface area contributed by atoms with Gasteiger partial charge in [0.2, 0.25) is 0 Å². The van der Waals surface area contributed by atoms with E-state index in [2.05, 4.69) is 156 Å². The second-order valence-electron chi connectivity index (χ2n) is 9.35. The number of hydrogen-bond donors (Lipinski definition) is 0. The van der Waals surface area contributed by atoms with Crippen molar-refractivity contribution < 1.29 is 0 Å². The summed E-state index contributed by atoms with van der Waals surface area (Å²) in [6.07, 6.45) is 0. The lowest BCUT2D eigenvalue weighted by Crippen LogP contribution is -1.97. The van der Waals surface area contributed by atoms with Crippen LogP contribution in [0.5, 0.6) is 0 Å². The number of rotatable bonds is 4. The Kier molecular flexibility index (Phi) is 5.19. The number of benzene rings is 6. The molecule has 7 rings (SSSR count). The number of aromatic nitrogens is 1. The van der Waals surface area contributed by atoms with Crippen LogP contribution in [0.1, 0.15) is 0 Å². The third kappa shape index (κ3) is 3.56. The molecular weight excluding hydrogens is 446 g/mol. The fourth-order valence-corrected chi connectivity index (χ4v) is 5.62. The highest BCUT2D eigenvalue weighted by atomic mass is 15.0. The van der Waals surface area contributed by atoms with Crippen LogP contribution in [0.15, 0.2) is 152 Å². The highest BCUT2D eigenvalue weighted by Gasteiger charge is 2.19. The topological polar surface area (TPSA) is 4.93 Å². The SMILES string of the molecule is c1ccc(-c2ccccc2-c2cccc3c2c2ccccc2n3-c2ccccc2-c2ccccc2)cc1. The van der Waals surface area contributed by atoms with Crippen LogP contribution in [0.25, 0.3) is 60.9 Å². The first-order valence-corrected chi connectivity index (χ1v) is 12.7. The van der Waals surface area contributed by atoms with Gasteiger partial charge < -0.3 is 4.57 Å². The molecule has 1 heteroatoms. The number of para-hydroxylation sites is 2. The van der Waals surface area contributed by atoms with E-state index in [-0.39, 0.29) is 0 Å². The summed E-state index contributed by atoms with van der Waals surface area (Å²) in [6, 6.07) is 54.3. The average molecular weight is 472 g/mol. The second kappa shape index (κ2) is 8.96. The summed E-state index contributed by atoms with van der Waals surface area (Å²) in [5.74, 6) is 0. The summed E-state index contributed by atoms with van der Waals surface area (Å²) < 4.78 is 2.43. The molecule has 0 amide bonds. The molecule has 0 atom stereocenters. The lowest BCUT2D eigenvalue weighted by molar-refractivity contribution is 1.18. The van der Waals surface area contributed by atoms with Crippen LogP contribution in [0.4, 0.5) is 0 Å². The fourth-order valence-electron chi connectivity index (χ4n) is 5.62. The smallest absolute Gasteiger partial charge is 0.0547 e. The molecular formula is C36H25N. The molecule has 0 spiro atoms. The molecule has 6 aromatic carbocycles. The first kappa shape index (κ1) is 21.4. The predicted molar refractivity (Wildman–Crippen MR) is 157 cm³/mol. The third-order valence-corrected chi connectivity index (χ3v) is 7.23. The Hall–Kier alpha value is -4.88. The minimum Gasteiger partial charge on any atom is -0.309 e. The van der Waals surface area contributed by atoms with Crippen LogP contribution < -0.4 is 0 Å². The molecule has 0 N–H and O–H groups in total. The zero-order chi connectivity index (χ0) is 24.6. The van der Waals surface area contributed by atoms with Crippen molar-refractivity contribution in [2.24, 2.45) is 0 Å². The quantitative estimate of drug-likeness (QED) is 0.241. The van der Waals surface area contributed by atoms with E-state index < -0.39 is 0 Å². The summed E-state index contributed by atoms with van der Waals surface area (Å²) in [5, 5.41) is 2.54. The van der Waals surface area contributed by atoms with E-state index in [0.29, 0.717) is 0 Å². The van der Waals surface area contributed by atoms with Gasteiger partial charge in [-0.25, -0.2) is 0 Å². The molecule has 0 aliphatic rings. The van der Waals surface area contributed by atoms with Gasteiger partial charge in [0.25, 0.3) is 0 Å². The Morgan fingerprint density at radius 1 is 0.324 bits per heavy atom. The molecule has 1 nitrogen and oxygen atoms in total. The maximum atomic E-state index is 2.43. The van der Waals surface area contributed by atoms with Crippen LogP contribution in [-0.2, 0) is 0 Å². The largest absolute Gasteiger partial charge is 0.309 e. The van der Waals surface area contributed by atoms with Gasteiger partial charge in [-0.2, -0.15) is 0 Å². The van der Waals surface area contributed by atoms with Gasteiger partial charge in [-0.05, 0) is 46.0 Å².